The Morgan fingerprint density at radius 2 is 1.84 bits per heavy atom. The third-order valence-electron chi connectivity index (χ3n) is 3.46. The van der Waals surface area contributed by atoms with Crippen molar-refractivity contribution in [2.45, 2.75) is 52.6 Å². The molecule has 110 valence electrons. The van der Waals surface area contributed by atoms with Gasteiger partial charge in [-0.05, 0) is 25.2 Å². The molecule has 19 heavy (non-hydrogen) atoms. The summed E-state index contributed by atoms with van der Waals surface area (Å²) < 4.78 is 5.55. The molecule has 0 spiro atoms. The predicted octanol–water partition coefficient (Wildman–Crippen LogP) is 1.90. The third kappa shape index (κ3) is 5.59. The van der Waals surface area contributed by atoms with Crippen LogP contribution in [0.3, 0.4) is 0 Å². The van der Waals surface area contributed by atoms with E-state index in [-0.39, 0.29) is 18.4 Å². The van der Waals surface area contributed by atoms with E-state index >= 15 is 0 Å². The Morgan fingerprint density at radius 1 is 1.26 bits per heavy atom. The van der Waals surface area contributed by atoms with Crippen LogP contribution in [0.1, 0.15) is 46.5 Å². The SMILES string of the molecule is CCOC1CCN(C(=O)CC(C)(C)CC(=O)O)CC1. The minimum Gasteiger partial charge on any atom is -0.481 e. The summed E-state index contributed by atoms with van der Waals surface area (Å²) in [7, 11) is 0. The number of likely N-dealkylation sites (tertiary alicyclic amines) is 1. The van der Waals surface area contributed by atoms with Gasteiger partial charge in [-0.1, -0.05) is 13.8 Å². The number of hydrogen-bond acceptors (Lipinski definition) is 3. The van der Waals surface area contributed by atoms with Gasteiger partial charge in [0, 0.05) is 26.1 Å². The van der Waals surface area contributed by atoms with Gasteiger partial charge in [-0.15, -0.1) is 0 Å². The number of carboxylic acid groups (broad SMARTS) is 1. The first-order chi connectivity index (χ1) is 8.84. The first kappa shape index (κ1) is 16.0. The number of piperidine rings is 1. The van der Waals surface area contributed by atoms with E-state index in [9.17, 15) is 9.59 Å². The van der Waals surface area contributed by atoms with Crippen LogP contribution < -0.4 is 0 Å². The van der Waals surface area contributed by atoms with Crippen LogP contribution in [0.5, 0.6) is 0 Å². The number of ether oxygens (including phenoxy) is 1. The lowest BCUT2D eigenvalue weighted by Gasteiger charge is -2.34. The number of carbonyl (C=O) groups excluding carboxylic acids is 1. The Balaban J connectivity index is 2.41. The maximum atomic E-state index is 12.2. The monoisotopic (exact) mass is 271 g/mol. The maximum absolute atomic E-state index is 12.2. The fraction of sp³-hybridized carbons (Fsp3) is 0.857. The Bertz CT molecular complexity index is 319. The van der Waals surface area contributed by atoms with Crippen molar-refractivity contribution in [2.75, 3.05) is 19.7 Å². The highest BCUT2D eigenvalue weighted by Crippen LogP contribution is 2.27. The number of amides is 1. The molecule has 0 bridgehead atoms. The molecule has 0 aromatic carbocycles. The maximum Gasteiger partial charge on any atom is 0.303 e. The summed E-state index contributed by atoms with van der Waals surface area (Å²) in [6.45, 7) is 7.77. The van der Waals surface area contributed by atoms with Gasteiger partial charge in [0.2, 0.25) is 5.91 Å². The minimum atomic E-state index is -0.854. The molecule has 0 saturated carbocycles. The molecule has 5 heteroatoms. The standard InChI is InChI=1S/C14H25NO4/c1-4-19-11-5-7-15(8-6-11)12(16)9-14(2,3)10-13(17)18/h11H,4-10H2,1-3H3,(H,17,18). The first-order valence-corrected chi connectivity index (χ1v) is 6.95. The van der Waals surface area contributed by atoms with Gasteiger partial charge in [0.1, 0.15) is 0 Å². The Kier molecular flexibility index (Phi) is 5.79. The van der Waals surface area contributed by atoms with Gasteiger partial charge in [-0.2, -0.15) is 0 Å². The van der Waals surface area contributed by atoms with Crippen molar-refractivity contribution >= 4 is 11.9 Å². The zero-order valence-corrected chi connectivity index (χ0v) is 12.1. The van der Waals surface area contributed by atoms with Crippen molar-refractivity contribution in [2.24, 2.45) is 5.41 Å². The van der Waals surface area contributed by atoms with E-state index in [1.54, 1.807) is 0 Å². The van der Waals surface area contributed by atoms with Gasteiger partial charge in [-0.25, -0.2) is 0 Å². The molecule has 0 aromatic rings. The fourth-order valence-corrected chi connectivity index (χ4v) is 2.50. The number of aliphatic carboxylic acids is 1. The second-order valence-electron chi connectivity index (χ2n) is 5.95. The Morgan fingerprint density at radius 3 is 2.32 bits per heavy atom. The second-order valence-corrected chi connectivity index (χ2v) is 5.95. The van der Waals surface area contributed by atoms with Crippen molar-refractivity contribution < 1.29 is 19.4 Å². The van der Waals surface area contributed by atoms with Gasteiger partial charge in [0.05, 0.1) is 12.5 Å². The number of carbonyl (C=O) groups is 2. The van der Waals surface area contributed by atoms with Gasteiger partial charge in [0.25, 0.3) is 0 Å². The van der Waals surface area contributed by atoms with Crippen LogP contribution in [0.2, 0.25) is 0 Å². The van der Waals surface area contributed by atoms with E-state index in [0.29, 0.717) is 26.1 Å². The summed E-state index contributed by atoms with van der Waals surface area (Å²) in [5.74, 6) is -0.797. The molecule has 0 aliphatic carbocycles. The summed E-state index contributed by atoms with van der Waals surface area (Å²) >= 11 is 0. The average molecular weight is 271 g/mol. The molecule has 1 saturated heterocycles. The molecule has 0 atom stereocenters. The summed E-state index contributed by atoms with van der Waals surface area (Å²) in [5.41, 5.74) is -0.486. The highest BCUT2D eigenvalue weighted by molar-refractivity contribution is 5.78. The summed E-state index contributed by atoms with van der Waals surface area (Å²) in [6.07, 6.45) is 2.33. The quantitative estimate of drug-likeness (QED) is 0.801. The highest BCUT2D eigenvalue weighted by atomic mass is 16.5. The number of nitrogens with zero attached hydrogens (tertiary/aromatic N) is 1. The van der Waals surface area contributed by atoms with Crippen molar-refractivity contribution in [1.82, 2.24) is 4.90 Å². The number of rotatable bonds is 6. The van der Waals surface area contributed by atoms with E-state index in [4.69, 9.17) is 9.84 Å². The largest absolute Gasteiger partial charge is 0.481 e. The molecule has 0 aromatic heterocycles. The molecular weight excluding hydrogens is 246 g/mol. The summed E-state index contributed by atoms with van der Waals surface area (Å²) in [5, 5.41) is 8.82. The molecule has 1 rings (SSSR count). The van der Waals surface area contributed by atoms with Gasteiger partial charge < -0.3 is 14.7 Å². The molecule has 1 heterocycles. The molecule has 0 radical (unpaired) electrons. The second kappa shape index (κ2) is 6.89. The van der Waals surface area contributed by atoms with Gasteiger partial charge in [-0.3, -0.25) is 9.59 Å². The van der Waals surface area contributed by atoms with Crippen molar-refractivity contribution in [3.63, 3.8) is 0 Å². The van der Waals surface area contributed by atoms with E-state index in [1.165, 1.54) is 0 Å². The molecule has 1 fully saturated rings. The summed E-state index contributed by atoms with van der Waals surface area (Å²) in [4.78, 5) is 24.7. The average Bonchev–Trinajstić information content (AvgIpc) is 2.27. The lowest BCUT2D eigenvalue weighted by molar-refractivity contribution is -0.141. The minimum absolute atomic E-state index is 0.0220. The molecule has 0 unspecified atom stereocenters. The lowest BCUT2D eigenvalue weighted by Crippen LogP contribution is -2.42. The van der Waals surface area contributed by atoms with E-state index in [0.717, 1.165) is 12.8 Å². The number of carboxylic acids is 1. The molecule has 1 aliphatic heterocycles. The molecular formula is C14H25NO4. The highest BCUT2D eigenvalue weighted by Gasteiger charge is 2.29. The van der Waals surface area contributed by atoms with Crippen molar-refractivity contribution in [1.29, 1.82) is 0 Å². The molecule has 5 nitrogen and oxygen atoms in total. The van der Waals surface area contributed by atoms with Crippen LogP contribution in [0, 0.1) is 5.41 Å². The van der Waals surface area contributed by atoms with Gasteiger partial charge >= 0.3 is 5.97 Å². The summed E-state index contributed by atoms with van der Waals surface area (Å²) in [6, 6.07) is 0. The molecule has 1 aliphatic rings. The predicted molar refractivity (Wildman–Crippen MR) is 71.9 cm³/mol. The first-order valence-electron chi connectivity index (χ1n) is 6.95. The number of hydrogen-bond donors (Lipinski definition) is 1. The zero-order valence-electron chi connectivity index (χ0n) is 12.1. The van der Waals surface area contributed by atoms with Crippen LogP contribution in [-0.4, -0.2) is 47.7 Å². The van der Waals surface area contributed by atoms with Crippen molar-refractivity contribution in [3.8, 4) is 0 Å². The van der Waals surface area contributed by atoms with Crippen LogP contribution in [0.15, 0.2) is 0 Å². The Hall–Kier alpha value is -1.10. The topological polar surface area (TPSA) is 66.8 Å². The third-order valence-corrected chi connectivity index (χ3v) is 3.46. The lowest BCUT2D eigenvalue weighted by atomic mass is 9.85. The van der Waals surface area contributed by atoms with E-state index in [2.05, 4.69) is 0 Å². The zero-order chi connectivity index (χ0) is 14.5. The Labute approximate surface area is 114 Å². The van der Waals surface area contributed by atoms with Crippen molar-refractivity contribution in [3.05, 3.63) is 0 Å². The fourth-order valence-electron chi connectivity index (χ4n) is 2.50. The van der Waals surface area contributed by atoms with Crippen LogP contribution >= 0.6 is 0 Å². The normalized spacial score (nSPS) is 17.5. The van der Waals surface area contributed by atoms with Crippen LogP contribution in [0.4, 0.5) is 0 Å². The van der Waals surface area contributed by atoms with E-state index < -0.39 is 11.4 Å². The van der Waals surface area contributed by atoms with Gasteiger partial charge in [0.15, 0.2) is 0 Å². The smallest absolute Gasteiger partial charge is 0.303 e. The van der Waals surface area contributed by atoms with Crippen LogP contribution in [-0.2, 0) is 14.3 Å². The van der Waals surface area contributed by atoms with Crippen LogP contribution in [0.25, 0.3) is 0 Å². The molecule has 1 N–H and O–H groups in total. The van der Waals surface area contributed by atoms with E-state index in [1.807, 2.05) is 25.7 Å². The molecule has 1 amide bonds.